The molecule has 0 bridgehead atoms. The van der Waals surface area contributed by atoms with Crippen LogP contribution in [0.25, 0.3) is 0 Å². The molecule has 0 aliphatic rings. The van der Waals surface area contributed by atoms with Gasteiger partial charge in [0.1, 0.15) is 0 Å². The van der Waals surface area contributed by atoms with Gasteiger partial charge in [-0.25, -0.2) is 0 Å². The fourth-order valence-electron chi connectivity index (χ4n) is 3.05. The quantitative estimate of drug-likeness (QED) is 0.361. The average molecular weight is 319 g/mol. The van der Waals surface area contributed by atoms with E-state index in [0.29, 0.717) is 4.32 Å². The molecule has 0 saturated heterocycles. The highest BCUT2D eigenvalue weighted by Gasteiger charge is 2.36. The van der Waals surface area contributed by atoms with Crippen LogP contribution in [0.4, 0.5) is 0 Å². The van der Waals surface area contributed by atoms with Gasteiger partial charge in [0.2, 0.25) is 0 Å². The molecule has 0 heterocycles. The third-order valence-electron chi connectivity index (χ3n) is 4.23. The molecule has 0 fully saturated rings. The van der Waals surface area contributed by atoms with E-state index in [0.717, 1.165) is 11.8 Å². The first kappa shape index (κ1) is 18.5. The maximum Gasteiger partial charge on any atom is 0.0288 e. The molecule has 0 aromatic carbocycles. The molecule has 1 unspecified atom stereocenters. The van der Waals surface area contributed by atoms with Crippen LogP contribution in [0.5, 0.6) is 0 Å². The number of hydrogen-bond donors (Lipinski definition) is 0. The first-order valence-electron chi connectivity index (χ1n) is 8.20. The van der Waals surface area contributed by atoms with Gasteiger partial charge in [0, 0.05) is 4.32 Å². The Morgan fingerprint density at radius 1 is 0.833 bits per heavy atom. The summed E-state index contributed by atoms with van der Waals surface area (Å²) in [5, 5.41) is 0. The topological polar surface area (TPSA) is 0 Å². The van der Waals surface area contributed by atoms with Crippen LogP contribution in [0.15, 0.2) is 0 Å². The molecule has 0 radical (unpaired) electrons. The van der Waals surface area contributed by atoms with Crippen molar-refractivity contribution in [2.24, 2.45) is 11.8 Å². The summed E-state index contributed by atoms with van der Waals surface area (Å²) < 4.78 is 0.405. The number of alkyl halides is 1. The van der Waals surface area contributed by atoms with Crippen LogP contribution in [-0.2, 0) is 0 Å². The lowest BCUT2D eigenvalue weighted by Crippen LogP contribution is -2.35. The number of rotatable bonds is 11. The maximum atomic E-state index is 4.18. The predicted molar refractivity (Wildman–Crippen MR) is 88.6 cm³/mol. The Hall–Kier alpha value is 0.480. The molecule has 0 aromatic heterocycles. The zero-order valence-electron chi connectivity index (χ0n) is 13.4. The lowest BCUT2D eigenvalue weighted by atomic mass is 9.75. The Morgan fingerprint density at radius 3 is 1.61 bits per heavy atom. The Balaban J connectivity index is 4.71. The highest BCUT2D eigenvalue weighted by atomic mass is 79.9. The van der Waals surface area contributed by atoms with Gasteiger partial charge in [-0.05, 0) is 31.1 Å². The van der Waals surface area contributed by atoms with E-state index >= 15 is 0 Å². The average Bonchev–Trinajstić information content (AvgIpc) is 2.34. The molecule has 0 aliphatic heterocycles. The van der Waals surface area contributed by atoms with Crippen LogP contribution in [0.2, 0.25) is 0 Å². The van der Waals surface area contributed by atoms with E-state index in [1.54, 1.807) is 0 Å². The molecule has 1 atom stereocenters. The first-order chi connectivity index (χ1) is 8.51. The highest BCUT2D eigenvalue weighted by Crippen LogP contribution is 2.44. The van der Waals surface area contributed by atoms with Crippen molar-refractivity contribution in [1.82, 2.24) is 0 Å². The van der Waals surface area contributed by atoms with Crippen molar-refractivity contribution in [1.29, 1.82) is 0 Å². The van der Waals surface area contributed by atoms with E-state index in [-0.39, 0.29) is 0 Å². The molecule has 0 nitrogen and oxygen atoms in total. The Labute approximate surface area is 124 Å². The van der Waals surface area contributed by atoms with E-state index in [2.05, 4.69) is 50.5 Å². The molecule has 0 aliphatic carbocycles. The van der Waals surface area contributed by atoms with Crippen molar-refractivity contribution >= 4 is 15.9 Å². The Kier molecular flexibility index (Phi) is 10.6. The van der Waals surface area contributed by atoms with Gasteiger partial charge in [0.05, 0.1) is 0 Å². The number of halogens is 1. The molecular formula is C17H35Br. The van der Waals surface area contributed by atoms with Crippen molar-refractivity contribution in [2.45, 2.75) is 96.7 Å². The Morgan fingerprint density at radius 2 is 1.28 bits per heavy atom. The van der Waals surface area contributed by atoms with Crippen LogP contribution >= 0.6 is 15.9 Å². The van der Waals surface area contributed by atoms with Crippen LogP contribution in [0.1, 0.15) is 92.4 Å². The number of unbranched alkanes of at least 4 members (excludes halogenated alkanes) is 3. The van der Waals surface area contributed by atoms with Gasteiger partial charge >= 0.3 is 0 Å². The summed E-state index contributed by atoms with van der Waals surface area (Å²) >= 11 is 4.18. The zero-order chi connectivity index (χ0) is 14.0. The van der Waals surface area contributed by atoms with Gasteiger partial charge < -0.3 is 0 Å². The molecule has 0 amide bonds. The van der Waals surface area contributed by atoms with Crippen LogP contribution in [-0.4, -0.2) is 4.32 Å². The standard InChI is InChI=1S/C17H35Br/c1-6-9-12-16(15(4)5)17(18,13-10-7-2)14-11-8-3/h15-16H,6-14H2,1-5H3. The Bertz CT molecular complexity index is 178. The fourth-order valence-corrected chi connectivity index (χ4v) is 4.37. The first-order valence-corrected chi connectivity index (χ1v) is 9.00. The van der Waals surface area contributed by atoms with Crippen molar-refractivity contribution in [3.05, 3.63) is 0 Å². The second-order valence-corrected chi connectivity index (χ2v) is 7.81. The fraction of sp³-hybridized carbons (Fsp3) is 1.00. The summed E-state index contributed by atoms with van der Waals surface area (Å²) in [6.45, 7) is 11.8. The molecule has 0 N–H and O–H groups in total. The van der Waals surface area contributed by atoms with Gasteiger partial charge in [-0.15, -0.1) is 0 Å². The molecule has 110 valence electrons. The van der Waals surface area contributed by atoms with Crippen molar-refractivity contribution in [2.75, 3.05) is 0 Å². The van der Waals surface area contributed by atoms with Crippen molar-refractivity contribution < 1.29 is 0 Å². The van der Waals surface area contributed by atoms with Crippen LogP contribution in [0, 0.1) is 11.8 Å². The summed E-state index contributed by atoms with van der Waals surface area (Å²) in [6, 6.07) is 0. The second kappa shape index (κ2) is 10.3. The van der Waals surface area contributed by atoms with Gasteiger partial charge in [-0.1, -0.05) is 89.1 Å². The minimum Gasteiger partial charge on any atom is -0.0850 e. The monoisotopic (exact) mass is 318 g/mol. The predicted octanol–water partition coefficient (Wildman–Crippen LogP) is 6.96. The smallest absolute Gasteiger partial charge is 0.0288 e. The van der Waals surface area contributed by atoms with Gasteiger partial charge in [0.25, 0.3) is 0 Å². The highest BCUT2D eigenvalue weighted by molar-refractivity contribution is 9.10. The normalized spacial score (nSPS) is 14.2. The van der Waals surface area contributed by atoms with E-state index in [4.69, 9.17) is 0 Å². The molecule has 0 saturated carbocycles. The summed E-state index contributed by atoms with van der Waals surface area (Å²) in [5.74, 6) is 1.64. The molecule has 18 heavy (non-hydrogen) atoms. The minimum atomic E-state index is 0.405. The summed E-state index contributed by atoms with van der Waals surface area (Å²) in [7, 11) is 0. The minimum absolute atomic E-state index is 0.405. The van der Waals surface area contributed by atoms with E-state index in [1.165, 1.54) is 57.8 Å². The van der Waals surface area contributed by atoms with E-state index < -0.39 is 0 Å². The lowest BCUT2D eigenvalue weighted by Gasteiger charge is -2.39. The summed E-state index contributed by atoms with van der Waals surface area (Å²) in [5.41, 5.74) is 0. The third-order valence-corrected chi connectivity index (χ3v) is 5.61. The molecular weight excluding hydrogens is 284 g/mol. The van der Waals surface area contributed by atoms with E-state index in [9.17, 15) is 0 Å². The molecule has 1 heteroatoms. The van der Waals surface area contributed by atoms with Gasteiger partial charge in [-0.2, -0.15) is 0 Å². The largest absolute Gasteiger partial charge is 0.0850 e. The van der Waals surface area contributed by atoms with Gasteiger partial charge in [-0.3, -0.25) is 0 Å². The SMILES string of the molecule is CCCCC(C(C)C)C(Br)(CCCC)CCCC. The molecule has 0 spiro atoms. The van der Waals surface area contributed by atoms with Gasteiger partial charge in [0.15, 0.2) is 0 Å². The third kappa shape index (κ3) is 6.59. The molecule has 0 rings (SSSR count). The van der Waals surface area contributed by atoms with Crippen molar-refractivity contribution in [3.8, 4) is 0 Å². The van der Waals surface area contributed by atoms with E-state index in [1.807, 2.05) is 0 Å². The second-order valence-electron chi connectivity index (χ2n) is 6.23. The van der Waals surface area contributed by atoms with Crippen molar-refractivity contribution in [3.63, 3.8) is 0 Å². The number of hydrogen-bond acceptors (Lipinski definition) is 0. The maximum absolute atomic E-state index is 4.18. The lowest BCUT2D eigenvalue weighted by molar-refractivity contribution is 0.239. The summed E-state index contributed by atoms with van der Waals surface area (Å²) in [4.78, 5) is 0. The molecule has 0 aromatic rings. The summed E-state index contributed by atoms with van der Waals surface area (Å²) in [6.07, 6.45) is 12.2. The zero-order valence-corrected chi connectivity index (χ0v) is 15.0. The van der Waals surface area contributed by atoms with Crippen LogP contribution < -0.4 is 0 Å². The van der Waals surface area contributed by atoms with Crippen LogP contribution in [0.3, 0.4) is 0 Å².